The van der Waals surface area contributed by atoms with E-state index in [0.717, 1.165) is 37.1 Å². The highest BCUT2D eigenvalue weighted by Gasteiger charge is 2.38. The van der Waals surface area contributed by atoms with Crippen molar-refractivity contribution in [3.8, 4) is 11.5 Å². The molecule has 2 aliphatic heterocycles. The van der Waals surface area contributed by atoms with Crippen LogP contribution in [-0.2, 0) is 6.42 Å². The van der Waals surface area contributed by atoms with Crippen molar-refractivity contribution in [3.63, 3.8) is 0 Å². The van der Waals surface area contributed by atoms with E-state index in [9.17, 15) is 10.2 Å². The van der Waals surface area contributed by atoms with Gasteiger partial charge in [-0.3, -0.25) is 4.90 Å². The third kappa shape index (κ3) is 2.82. The van der Waals surface area contributed by atoms with Gasteiger partial charge in [0.1, 0.15) is 0 Å². The molecule has 0 amide bonds. The van der Waals surface area contributed by atoms with Crippen molar-refractivity contribution in [2.75, 3.05) is 20.1 Å². The summed E-state index contributed by atoms with van der Waals surface area (Å²) in [5.74, 6) is 0.661. The first-order valence-electron chi connectivity index (χ1n) is 9.61. The predicted octanol–water partition coefficient (Wildman–Crippen LogP) is 2.73. The van der Waals surface area contributed by atoms with Crippen LogP contribution in [-0.4, -0.2) is 41.3 Å². The van der Waals surface area contributed by atoms with Crippen molar-refractivity contribution in [2.24, 2.45) is 11.8 Å². The number of nitrogens with zero attached hydrogens (tertiary/aromatic N) is 1. The topological polar surface area (TPSA) is 52.9 Å². The van der Waals surface area contributed by atoms with Crippen LogP contribution in [0.1, 0.15) is 48.0 Å². The van der Waals surface area contributed by atoms with Crippen molar-refractivity contribution in [1.29, 1.82) is 0 Å². The van der Waals surface area contributed by atoms with Gasteiger partial charge in [0.2, 0.25) is 0 Å². The summed E-state index contributed by atoms with van der Waals surface area (Å²) >= 11 is 0. The smallest absolute Gasteiger partial charge is 0.160 e. The van der Waals surface area contributed by atoms with E-state index in [4.69, 9.17) is 8.85 Å². The first kappa shape index (κ1) is 12.2. The second kappa shape index (κ2) is 6.09. The van der Waals surface area contributed by atoms with E-state index in [2.05, 4.69) is 18.7 Å². The monoisotopic (exact) mass is 308 g/mol. The number of hydrogen-bond donors (Lipinski definition) is 2. The first-order valence-corrected chi connectivity index (χ1v) is 8.11. The lowest BCUT2D eigenvalue weighted by molar-refractivity contribution is -0.0191. The molecule has 0 aliphatic carbocycles. The molecular weight excluding hydrogens is 278 g/mol. The van der Waals surface area contributed by atoms with Crippen LogP contribution in [0, 0.1) is 11.8 Å². The summed E-state index contributed by atoms with van der Waals surface area (Å²) in [5, 5.41) is 20.7. The molecule has 1 aromatic rings. The highest BCUT2D eigenvalue weighted by molar-refractivity contribution is 5.48. The van der Waals surface area contributed by atoms with Crippen LogP contribution in [0.3, 0.4) is 0 Å². The van der Waals surface area contributed by atoms with Crippen molar-refractivity contribution in [1.82, 2.24) is 4.90 Å². The van der Waals surface area contributed by atoms with Crippen LogP contribution in [0.15, 0.2) is 12.1 Å². The standard InChI is InChI=1S/C18H27NO3/c1-11(2)6-13-10-19-5-4-12-7-17(21)18(22-3)8-14(12)15(19)9-16(13)20/h7-8,11,13,15-16,20-21H,4-6,9-10H2,1-3H3/t13-,15-,16+/m0/s1/i3D3. The number of benzene rings is 1. The van der Waals surface area contributed by atoms with Gasteiger partial charge in [-0.05, 0) is 54.4 Å². The number of phenolic OH excluding ortho intramolecular Hbond substituents is 1. The zero-order valence-electron chi connectivity index (χ0n) is 16.2. The lowest BCUT2D eigenvalue weighted by Gasteiger charge is -2.46. The molecule has 2 N–H and O–H groups in total. The third-order valence-corrected chi connectivity index (χ3v) is 5.05. The zero-order valence-corrected chi connectivity index (χ0v) is 13.2. The molecule has 4 heteroatoms. The molecule has 22 heavy (non-hydrogen) atoms. The van der Waals surface area contributed by atoms with Gasteiger partial charge in [0.25, 0.3) is 0 Å². The maximum absolute atomic E-state index is 10.6. The fourth-order valence-electron chi connectivity index (χ4n) is 4.03. The van der Waals surface area contributed by atoms with E-state index in [1.807, 2.05) is 0 Å². The Hall–Kier alpha value is -1.26. The van der Waals surface area contributed by atoms with Gasteiger partial charge in [-0.2, -0.15) is 0 Å². The van der Waals surface area contributed by atoms with Crippen LogP contribution in [0.2, 0.25) is 0 Å². The average Bonchev–Trinajstić information content (AvgIpc) is 2.47. The Morgan fingerprint density at radius 3 is 3.00 bits per heavy atom. The largest absolute Gasteiger partial charge is 0.504 e. The lowest BCUT2D eigenvalue weighted by Crippen LogP contribution is -2.48. The number of aliphatic hydroxyl groups is 1. The predicted molar refractivity (Wildman–Crippen MR) is 86.2 cm³/mol. The summed E-state index contributed by atoms with van der Waals surface area (Å²) < 4.78 is 26.7. The van der Waals surface area contributed by atoms with Crippen LogP contribution in [0.4, 0.5) is 0 Å². The lowest BCUT2D eigenvalue weighted by atomic mass is 9.79. The maximum atomic E-state index is 10.6. The highest BCUT2D eigenvalue weighted by atomic mass is 16.5. The van der Waals surface area contributed by atoms with Crippen LogP contribution < -0.4 is 4.74 Å². The number of hydrogen-bond acceptors (Lipinski definition) is 4. The van der Waals surface area contributed by atoms with E-state index >= 15 is 0 Å². The molecule has 2 heterocycles. The fraction of sp³-hybridized carbons (Fsp3) is 0.667. The molecule has 2 aliphatic rings. The van der Waals surface area contributed by atoms with Gasteiger partial charge in [0.05, 0.1) is 17.3 Å². The Labute approximate surface area is 136 Å². The summed E-state index contributed by atoms with van der Waals surface area (Å²) in [6, 6.07) is 3.30. The summed E-state index contributed by atoms with van der Waals surface area (Å²) in [5.41, 5.74) is 1.97. The number of ether oxygens (including phenoxy) is 1. The summed E-state index contributed by atoms with van der Waals surface area (Å²) in [6.45, 7) is 6.08. The van der Waals surface area contributed by atoms with Gasteiger partial charge < -0.3 is 14.9 Å². The number of aliphatic hydroxyl groups excluding tert-OH is 1. The Kier molecular flexibility index (Phi) is 3.38. The minimum atomic E-state index is -2.60. The summed E-state index contributed by atoms with van der Waals surface area (Å²) in [7, 11) is -2.60. The number of fused-ring (bicyclic) bond motifs is 3. The van der Waals surface area contributed by atoms with Gasteiger partial charge in [-0.15, -0.1) is 0 Å². The summed E-state index contributed by atoms with van der Waals surface area (Å²) in [4.78, 5) is 2.37. The molecule has 3 rings (SSSR count). The molecule has 4 nitrogen and oxygen atoms in total. The van der Waals surface area contributed by atoms with Gasteiger partial charge in [0.15, 0.2) is 11.5 Å². The zero-order chi connectivity index (χ0) is 18.4. The van der Waals surface area contributed by atoms with Crippen molar-refractivity contribution >= 4 is 0 Å². The third-order valence-electron chi connectivity index (χ3n) is 5.05. The van der Waals surface area contributed by atoms with Gasteiger partial charge in [0, 0.05) is 19.1 Å². The molecule has 0 unspecified atom stereocenters. The minimum Gasteiger partial charge on any atom is -0.504 e. The number of rotatable bonds is 3. The number of piperidine rings is 1. The second-order valence-corrected chi connectivity index (χ2v) is 7.07. The molecular formula is C18H27NO3. The van der Waals surface area contributed by atoms with Crippen molar-refractivity contribution in [2.45, 2.75) is 45.3 Å². The maximum Gasteiger partial charge on any atom is 0.160 e. The minimum absolute atomic E-state index is 0.0145. The van der Waals surface area contributed by atoms with Crippen LogP contribution >= 0.6 is 0 Å². The van der Waals surface area contributed by atoms with Crippen LogP contribution in [0.25, 0.3) is 0 Å². The normalized spacial score (nSPS) is 30.9. The molecule has 0 bridgehead atoms. The quantitative estimate of drug-likeness (QED) is 0.901. The fourth-order valence-corrected chi connectivity index (χ4v) is 4.03. The number of aromatic hydroxyl groups is 1. The Bertz CT molecular complexity index is 633. The van der Waals surface area contributed by atoms with E-state index in [1.54, 1.807) is 12.1 Å². The molecule has 0 spiro atoms. The molecule has 3 atom stereocenters. The SMILES string of the molecule is [2H]C([2H])([2H])Oc1cc2c(cc1O)CCN1C[C@H](CC(C)C)[C@H](O)C[C@@H]21. The Morgan fingerprint density at radius 2 is 2.27 bits per heavy atom. The van der Waals surface area contributed by atoms with Gasteiger partial charge >= 0.3 is 0 Å². The molecule has 1 aromatic carbocycles. The van der Waals surface area contributed by atoms with Crippen LogP contribution in [0.5, 0.6) is 11.5 Å². The first-order chi connectivity index (χ1) is 11.6. The van der Waals surface area contributed by atoms with E-state index < -0.39 is 7.04 Å². The molecule has 0 radical (unpaired) electrons. The van der Waals surface area contributed by atoms with E-state index in [1.165, 1.54) is 0 Å². The second-order valence-electron chi connectivity index (χ2n) is 7.07. The van der Waals surface area contributed by atoms with Gasteiger partial charge in [-0.1, -0.05) is 13.8 Å². The summed E-state index contributed by atoms with van der Waals surface area (Å²) in [6.07, 6.45) is 2.07. The molecule has 122 valence electrons. The van der Waals surface area contributed by atoms with E-state index in [0.29, 0.717) is 12.3 Å². The molecule has 1 fully saturated rings. The van der Waals surface area contributed by atoms with Crippen molar-refractivity contribution in [3.05, 3.63) is 23.3 Å². The molecule has 0 aromatic heterocycles. The number of methoxy groups -OCH3 is 1. The molecule has 1 saturated heterocycles. The van der Waals surface area contributed by atoms with Gasteiger partial charge in [-0.25, -0.2) is 0 Å². The highest BCUT2D eigenvalue weighted by Crippen LogP contribution is 2.43. The average molecular weight is 308 g/mol. The Morgan fingerprint density at radius 1 is 1.45 bits per heavy atom. The Balaban J connectivity index is 1.87. The van der Waals surface area contributed by atoms with E-state index in [-0.39, 0.29) is 29.6 Å². The number of phenols is 1. The molecule has 0 saturated carbocycles. The van der Waals surface area contributed by atoms with Crippen molar-refractivity contribution < 1.29 is 19.1 Å².